The largest absolute Gasteiger partial charge is 0.382 e. The zero-order valence-corrected chi connectivity index (χ0v) is 7.18. The minimum Gasteiger partial charge on any atom is -0.382 e. The first-order chi connectivity index (χ1) is 5.65. The standard InChI is InChI=1S/C9H11NO2/c1-3-10-7-5-8(11)6(2)4-9(7)12/h4-5,10H,3H2,1-2H3. The fourth-order valence-corrected chi connectivity index (χ4v) is 0.990. The summed E-state index contributed by atoms with van der Waals surface area (Å²) in [5.41, 5.74) is 0.898. The van der Waals surface area contributed by atoms with E-state index in [9.17, 15) is 9.59 Å². The van der Waals surface area contributed by atoms with Crippen LogP contribution < -0.4 is 5.32 Å². The summed E-state index contributed by atoms with van der Waals surface area (Å²) < 4.78 is 0. The lowest BCUT2D eigenvalue weighted by atomic mass is 10.0. The molecule has 0 fully saturated rings. The number of carbonyl (C=O) groups excluding carboxylic acids is 2. The number of hydrogen-bond donors (Lipinski definition) is 1. The lowest BCUT2D eigenvalue weighted by molar-refractivity contribution is -0.115. The molecule has 1 N–H and O–H groups in total. The zero-order valence-electron chi connectivity index (χ0n) is 7.18. The molecule has 0 aliphatic heterocycles. The van der Waals surface area contributed by atoms with E-state index in [1.165, 1.54) is 12.2 Å². The number of nitrogens with one attached hydrogen (secondary N) is 1. The molecule has 0 aromatic carbocycles. The molecule has 1 aliphatic rings. The van der Waals surface area contributed by atoms with Crippen LogP contribution in [0.15, 0.2) is 23.4 Å². The van der Waals surface area contributed by atoms with Gasteiger partial charge in [0.2, 0.25) is 5.78 Å². The van der Waals surface area contributed by atoms with Crippen LogP contribution in [0.5, 0.6) is 0 Å². The van der Waals surface area contributed by atoms with Crippen molar-refractivity contribution in [3.8, 4) is 0 Å². The third kappa shape index (κ3) is 1.61. The average molecular weight is 165 g/mol. The minimum absolute atomic E-state index is 0.0921. The zero-order chi connectivity index (χ0) is 9.14. The first-order valence-corrected chi connectivity index (χ1v) is 3.87. The average Bonchev–Trinajstić information content (AvgIpc) is 2.01. The van der Waals surface area contributed by atoms with Crippen LogP contribution in [0, 0.1) is 0 Å². The van der Waals surface area contributed by atoms with Gasteiger partial charge in [0.05, 0.1) is 5.70 Å². The minimum atomic E-state index is -0.117. The van der Waals surface area contributed by atoms with Crippen molar-refractivity contribution in [1.82, 2.24) is 5.32 Å². The normalized spacial score (nSPS) is 17.2. The van der Waals surface area contributed by atoms with Gasteiger partial charge in [-0.25, -0.2) is 0 Å². The third-order valence-corrected chi connectivity index (χ3v) is 1.64. The molecule has 0 heterocycles. The second-order valence-corrected chi connectivity index (χ2v) is 2.64. The molecule has 0 bridgehead atoms. The number of likely N-dealkylation sites (N-methyl/N-ethyl adjacent to an activating group) is 1. The Morgan fingerprint density at radius 2 is 1.92 bits per heavy atom. The van der Waals surface area contributed by atoms with Gasteiger partial charge in [-0.15, -0.1) is 0 Å². The highest BCUT2D eigenvalue weighted by molar-refractivity contribution is 6.19. The molecule has 1 aliphatic carbocycles. The topological polar surface area (TPSA) is 46.2 Å². The highest BCUT2D eigenvalue weighted by Crippen LogP contribution is 2.08. The maximum absolute atomic E-state index is 11.2. The van der Waals surface area contributed by atoms with Crippen LogP contribution in [0.2, 0.25) is 0 Å². The van der Waals surface area contributed by atoms with Crippen molar-refractivity contribution in [1.29, 1.82) is 0 Å². The van der Waals surface area contributed by atoms with Crippen LogP contribution in [0.1, 0.15) is 13.8 Å². The molecule has 0 saturated carbocycles. The molecule has 0 spiro atoms. The number of ketones is 2. The fourth-order valence-electron chi connectivity index (χ4n) is 0.990. The van der Waals surface area contributed by atoms with Crippen LogP contribution in [-0.4, -0.2) is 18.1 Å². The Morgan fingerprint density at radius 3 is 2.50 bits per heavy atom. The number of hydrogen-bond acceptors (Lipinski definition) is 3. The molecule has 64 valence electrons. The molecule has 0 aromatic rings. The Bertz CT molecular complexity index is 287. The summed E-state index contributed by atoms with van der Waals surface area (Å²) in [7, 11) is 0. The van der Waals surface area contributed by atoms with E-state index in [0.717, 1.165) is 0 Å². The van der Waals surface area contributed by atoms with Crippen LogP contribution in [0.4, 0.5) is 0 Å². The molecule has 3 nitrogen and oxygen atoms in total. The molecule has 12 heavy (non-hydrogen) atoms. The van der Waals surface area contributed by atoms with Gasteiger partial charge in [-0.05, 0) is 19.9 Å². The van der Waals surface area contributed by atoms with Crippen LogP contribution in [0.25, 0.3) is 0 Å². The predicted octanol–water partition coefficient (Wildman–Crippen LogP) is 0.578. The molecular weight excluding hydrogens is 154 g/mol. The summed E-state index contributed by atoms with van der Waals surface area (Å²) in [5, 5.41) is 2.83. The summed E-state index contributed by atoms with van der Waals surface area (Å²) in [5.74, 6) is -0.209. The summed E-state index contributed by atoms with van der Waals surface area (Å²) in [4.78, 5) is 22.3. The molecule has 0 atom stereocenters. The van der Waals surface area contributed by atoms with Crippen molar-refractivity contribution in [2.24, 2.45) is 0 Å². The van der Waals surface area contributed by atoms with E-state index in [0.29, 0.717) is 17.8 Å². The molecule has 0 unspecified atom stereocenters. The SMILES string of the molecule is CCNC1=CC(=O)C(C)=CC1=O. The summed E-state index contributed by atoms with van der Waals surface area (Å²) >= 11 is 0. The van der Waals surface area contributed by atoms with Crippen molar-refractivity contribution >= 4 is 11.6 Å². The van der Waals surface area contributed by atoms with Gasteiger partial charge in [0, 0.05) is 18.2 Å². The van der Waals surface area contributed by atoms with E-state index in [1.807, 2.05) is 6.92 Å². The summed E-state index contributed by atoms with van der Waals surface area (Å²) in [6, 6.07) is 0. The van der Waals surface area contributed by atoms with E-state index in [1.54, 1.807) is 6.92 Å². The Kier molecular flexibility index (Phi) is 2.43. The summed E-state index contributed by atoms with van der Waals surface area (Å²) in [6.07, 6.45) is 2.71. The van der Waals surface area contributed by atoms with Gasteiger partial charge in [0.15, 0.2) is 5.78 Å². The highest BCUT2D eigenvalue weighted by Gasteiger charge is 2.15. The van der Waals surface area contributed by atoms with Crippen molar-refractivity contribution in [3.05, 3.63) is 23.4 Å². The first kappa shape index (κ1) is 8.71. The molecule has 0 aromatic heterocycles. The lowest BCUT2D eigenvalue weighted by Crippen LogP contribution is -2.23. The number of carbonyl (C=O) groups is 2. The van der Waals surface area contributed by atoms with E-state index in [2.05, 4.69) is 5.32 Å². The Morgan fingerprint density at radius 1 is 1.25 bits per heavy atom. The van der Waals surface area contributed by atoms with Crippen molar-refractivity contribution < 1.29 is 9.59 Å². The van der Waals surface area contributed by atoms with Gasteiger partial charge >= 0.3 is 0 Å². The second kappa shape index (κ2) is 3.34. The molecule has 1 rings (SSSR count). The van der Waals surface area contributed by atoms with Gasteiger partial charge in [-0.3, -0.25) is 9.59 Å². The Labute approximate surface area is 71.1 Å². The van der Waals surface area contributed by atoms with E-state index < -0.39 is 0 Å². The smallest absolute Gasteiger partial charge is 0.202 e. The van der Waals surface area contributed by atoms with Gasteiger partial charge in [-0.2, -0.15) is 0 Å². The number of allylic oxidation sites excluding steroid dienone is 3. The summed E-state index contributed by atoms with van der Waals surface area (Å²) in [6.45, 7) is 4.17. The quantitative estimate of drug-likeness (QED) is 0.609. The monoisotopic (exact) mass is 165 g/mol. The lowest BCUT2D eigenvalue weighted by Gasteiger charge is -2.09. The molecular formula is C9H11NO2. The van der Waals surface area contributed by atoms with Crippen molar-refractivity contribution in [2.75, 3.05) is 6.54 Å². The van der Waals surface area contributed by atoms with Gasteiger partial charge in [0.25, 0.3) is 0 Å². The van der Waals surface area contributed by atoms with Crippen LogP contribution in [-0.2, 0) is 9.59 Å². The highest BCUT2D eigenvalue weighted by atomic mass is 16.1. The van der Waals surface area contributed by atoms with Crippen molar-refractivity contribution in [2.45, 2.75) is 13.8 Å². The molecule has 0 amide bonds. The van der Waals surface area contributed by atoms with Crippen molar-refractivity contribution in [3.63, 3.8) is 0 Å². The first-order valence-electron chi connectivity index (χ1n) is 3.87. The Balaban J connectivity index is 2.85. The van der Waals surface area contributed by atoms with Crippen LogP contribution >= 0.6 is 0 Å². The maximum Gasteiger partial charge on any atom is 0.202 e. The van der Waals surface area contributed by atoms with Gasteiger partial charge in [0.1, 0.15) is 0 Å². The molecule has 3 heteroatoms. The molecule has 0 radical (unpaired) electrons. The van der Waals surface area contributed by atoms with Gasteiger partial charge < -0.3 is 5.32 Å². The number of rotatable bonds is 2. The second-order valence-electron chi connectivity index (χ2n) is 2.64. The predicted molar refractivity (Wildman–Crippen MR) is 45.5 cm³/mol. The maximum atomic E-state index is 11.2. The van der Waals surface area contributed by atoms with Crippen LogP contribution in [0.3, 0.4) is 0 Å². The molecule has 0 saturated heterocycles. The Hall–Kier alpha value is -1.38. The van der Waals surface area contributed by atoms with E-state index >= 15 is 0 Å². The van der Waals surface area contributed by atoms with E-state index in [4.69, 9.17) is 0 Å². The van der Waals surface area contributed by atoms with Gasteiger partial charge in [-0.1, -0.05) is 0 Å². The third-order valence-electron chi connectivity index (χ3n) is 1.64. The van der Waals surface area contributed by atoms with E-state index in [-0.39, 0.29) is 11.6 Å². The fraction of sp³-hybridized carbons (Fsp3) is 0.333.